The first-order chi connectivity index (χ1) is 5.92. The predicted molar refractivity (Wildman–Crippen MR) is 55.4 cm³/mol. The van der Waals surface area contributed by atoms with Crippen LogP contribution < -0.4 is 0 Å². The van der Waals surface area contributed by atoms with E-state index in [-0.39, 0.29) is 0 Å². The molecule has 0 radical (unpaired) electrons. The van der Waals surface area contributed by atoms with Crippen molar-refractivity contribution >= 4 is 35.5 Å². The molecule has 0 amide bonds. The topological polar surface area (TPSA) is 54.4 Å². The summed E-state index contributed by atoms with van der Waals surface area (Å²) < 4.78 is 0. The Labute approximate surface area is 89.0 Å². The van der Waals surface area contributed by atoms with Crippen molar-refractivity contribution < 1.29 is 14.7 Å². The molecule has 0 atom stereocenters. The minimum atomic E-state index is -0.852. The summed E-state index contributed by atoms with van der Waals surface area (Å²) in [6.07, 6.45) is 3.09. The minimum Gasteiger partial charge on any atom is -0.481 e. The normalized spacial score (nSPS) is 7.54. The van der Waals surface area contributed by atoms with Crippen LogP contribution in [0.5, 0.6) is 0 Å². The maximum absolute atomic E-state index is 9.24. The molecular formula is C8H16Cl2O3. The zero-order valence-electron chi connectivity index (χ0n) is 8.09. The van der Waals surface area contributed by atoms with Crippen LogP contribution in [0.15, 0.2) is 0 Å². The van der Waals surface area contributed by atoms with Crippen LogP contribution in [-0.2, 0) is 9.59 Å². The molecule has 1 N–H and O–H groups in total. The largest absolute Gasteiger partial charge is 0.481 e. The molecule has 0 rings (SSSR count). The van der Waals surface area contributed by atoms with Crippen LogP contribution in [0.4, 0.5) is 0 Å². The fourth-order valence-corrected chi connectivity index (χ4v) is 0. The molecule has 0 aliphatic heterocycles. The first kappa shape index (κ1) is 18.5. The Balaban J connectivity index is -0.000000117. The van der Waals surface area contributed by atoms with E-state index in [9.17, 15) is 4.79 Å². The molecule has 0 unspecified atom stereocenters. The van der Waals surface area contributed by atoms with Gasteiger partial charge in [0.2, 0.25) is 0 Å². The molecule has 0 aromatic carbocycles. The van der Waals surface area contributed by atoms with Crippen molar-refractivity contribution in [3.05, 3.63) is 0 Å². The quantitative estimate of drug-likeness (QED) is 0.587. The Morgan fingerprint density at radius 1 is 1.38 bits per heavy atom. The second-order valence-electron chi connectivity index (χ2n) is 1.99. The van der Waals surface area contributed by atoms with E-state index in [4.69, 9.17) is 33.1 Å². The number of carbonyl (C=O) groups is 2. The number of aldehydes is 1. The molecule has 80 valence electrons. The van der Waals surface area contributed by atoms with Crippen molar-refractivity contribution in [3.8, 4) is 0 Å². The van der Waals surface area contributed by atoms with Gasteiger partial charge in [0.25, 0.3) is 5.97 Å². The smallest absolute Gasteiger partial charge is 0.300 e. The van der Waals surface area contributed by atoms with E-state index in [0.717, 1.165) is 6.92 Å². The standard InChI is InChI=1S/C4H10.C2H2Cl2O.C2H4O2/c1-3-4-2;3-2(4)1-5;1-2(3)4/h3-4H2,1-2H3;1-2H;1H3,(H,3,4). The van der Waals surface area contributed by atoms with Crippen LogP contribution in [0, 0.1) is 0 Å². The lowest BCUT2D eigenvalue weighted by Crippen LogP contribution is -1.81. The Morgan fingerprint density at radius 3 is 1.54 bits per heavy atom. The molecule has 13 heavy (non-hydrogen) atoms. The van der Waals surface area contributed by atoms with Crippen molar-refractivity contribution in [2.75, 3.05) is 0 Å². The van der Waals surface area contributed by atoms with Crippen LogP contribution in [0.1, 0.15) is 33.6 Å². The fourth-order valence-electron chi connectivity index (χ4n) is 0. The van der Waals surface area contributed by atoms with Gasteiger partial charge < -0.3 is 9.90 Å². The van der Waals surface area contributed by atoms with Gasteiger partial charge in [-0.1, -0.05) is 49.9 Å². The number of hydrogen-bond donors (Lipinski definition) is 1. The maximum Gasteiger partial charge on any atom is 0.300 e. The highest BCUT2D eigenvalue weighted by Gasteiger charge is 1.86. The number of rotatable bonds is 2. The summed E-state index contributed by atoms with van der Waals surface area (Å²) in [6, 6.07) is 0. The number of alkyl halides is 2. The summed E-state index contributed by atoms with van der Waals surface area (Å²) in [5, 5.41) is 7.42. The third-order valence-electron chi connectivity index (χ3n) is 0.603. The Hall–Kier alpha value is -0.280. The zero-order valence-corrected chi connectivity index (χ0v) is 9.60. The van der Waals surface area contributed by atoms with Crippen molar-refractivity contribution in [3.63, 3.8) is 0 Å². The van der Waals surface area contributed by atoms with Gasteiger partial charge in [-0.25, -0.2) is 0 Å². The van der Waals surface area contributed by atoms with Crippen LogP contribution in [0.3, 0.4) is 0 Å². The van der Waals surface area contributed by atoms with E-state index in [1.165, 1.54) is 12.8 Å². The third kappa shape index (κ3) is 150. The van der Waals surface area contributed by atoms with Gasteiger partial charge in [-0.15, -0.1) is 0 Å². The van der Waals surface area contributed by atoms with Gasteiger partial charge in [-0.3, -0.25) is 4.79 Å². The van der Waals surface area contributed by atoms with Gasteiger partial charge in [0.05, 0.1) is 0 Å². The van der Waals surface area contributed by atoms with Gasteiger partial charge in [0.15, 0.2) is 11.1 Å². The molecule has 0 aromatic rings. The van der Waals surface area contributed by atoms with Gasteiger partial charge in [0, 0.05) is 6.92 Å². The van der Waals surface area contributed by atoms with Crippen molar-refractivity contribution in [2.45, 2.75) is 38.4 Å². The second kappa shape index (κ2) is 17.7. The number of unbranched alkanes of at least 4 members (excludes halogenated alkanes) is 1. The van der Waals surface area contributed by atoms with E-state index in [1.807, 2.05) is 0 Å². The van der Waals surface area contributed by atoms with Gasteiger partial charge in [0.1, 0.15) is 0 Å². The van der Waals surface area contributed by atoms with E-state index < -0.39 is 10.8 Å². The van der Waals surface area contributed by atoms with Gasteiger partial charge >= 0.3 is 0 Å². The lowest BCUT2D eigenvalue weighted by molar-refractivity contribution is -0.134. The summed E-state index contributed by atoms with van der Waals surface area (Å²) in [6.45, 7) is 5.44. The molecule has 0 spiro atoms. The molecule has 0 aliphatic carbocycles. The Morgan fingerprint density at radius 2 is 1.54 bits per heavy atom. The Bertz CT molecular complexity index is 110. The average molecular weight is 231 g/mol. The molecule has 0 fully saturated rings. The highest BCUT2D eigenvalue weighted by molar-refractivity contribution is 6.51. The van der Waals surface area contributed by atoms with Crippen LogP contribution in [0.25, 0.3) is 0 Å². The van der Waals surface area contributed by atoms with E-state index in [1.54, 1.807) is 0 Å². The average Bonchev–Trinajstić information content (AvgIpc) is 2.04. The van der Waals surface area contributed by atoms with Crippen LogP contribution >= 0.6 is 23.2 Å². The molecule has 0 saturated heterocycles. The monoisotopic (exact) mass is 230 g/mol. The number of hydrogen-bond acceptors (Lipinski definition) is 2. The van der Waals surface area contributed by atoms with E-state index >= 15 is 0 Å². The SMILES string of the molecule is CC(=O)O.CCCC.O=CC(Cl)Cl. The summed E-state index contributed by atoms with van der Waals surface area (Å²) in [4.78, 5) is 17.4. The van der Waals surface area contributed by atoms with Crippen molar-refractivity contribution in [1.82, 2.24) is 0 Å². The van der Waals surface area contributed by atoms with Crippen LogP contribution in [-0.4, -0.2) is 22.2 Å². The summed E-state index contributed by atoms with van der Waals surface area (Å²) in [5.74, 6) is -0.833. The fraction of sp³-hybridized carbons (Fsp3) is 0.750. The van der Waals surface area contributed by atoms with Gasteiger partial charge in [-0.05, 0) is 0 Å². The molecule has 0 heterocycles. The first-order valence-electron chi connectivity index (χ1n) is 3.85. The van der Waals surface area contributed by atoms with Crippen molar-refractivity contribution in [2.24, 2.45) is 0 Å². The second-order valence-corrected chi connectivity index (χ2v) is 3.15. The number of carboxylic acids is 1. The lowest BCUT2D eigenvalue weighted by Gasteiger charge is -1.72. The molecule has 3 nitrogen and oxygen atoms in total. The molecular weight excluding hydrogens is 215 g/mol. The van der Waals surface area contributed by atoms with Crippen molar-refractivity contribution in [1.29, 1.82) is 0 Å². The van der Waals surface area contributed by atoms with Crippen LogP contribution in [0.2, 0.25) is 0 Å². The van der Waals surface area contributed by atoms with E-state index in [2.05, 4.69) is 13.8 Å². The highest BCUT2D eigenvalue weighted by Crippen LogP contribution is 1.93. The Kier molecular flexibility index (Phi) is 25.2. The number of aliphatic carboxylic acids is 1. The number of carbonyl (C=O) groups excluding carboxylic acids is 1. The molecule has 5 heteroatoms. The summed E-state index contributed by atoms with van der Waals surface area (Å²) in [7, 11) is 0. The third-order valence-corrected chi connectivity index (χ3v) is 0.809. The maximum atomic E-state index is 9.24. The predicted octanol–water partition coefficient (Wildman–Crippen LogP) is 2.89. The molecule has 0 bridgehead atoms. The molecule has 0 saturated carbocycles. The first-order valence-corrected chi connectivity index (χ1v) is 4.72. The number of carboxylic acid groups (broad SMARTS) is 1. The lowest BCUT2D eigenvalue weighted by atomic mass is 10.4. The minimum absolute atomic E-state index is 0.448. The summed E-state index contributed by atoms with van der Waals surface area (Å²) in [5.41, 5.74) is 0. The van der Waals surface area contributed by atoms with Gasteiger partial charge in [-0.2, -0.15) is 0 Å². The molecule has 0 aliphatic rings. The highest BCUT2D eigenvalue weighted by atomic mass is 35.5. The number of halogens is 2. The molecule has 0 aromatic heterocycles. The van der Waals surface area contributed by atoms with E-state index in [0.29, 0.717) is 6.29 Å². The zero-order chi connectivity index (χ0) is 11.3. The summed E-state index contributed by atoms with van der Waals surface area (Å²) >= 11 is 9.72.